The third-order valence-corrected chi connectivity index (χ3v) is 5.32. The Kier molecular flexibility index (Phi) is 6.18. The van der Waals surface area contributed by atoms with Crippen molar-refractivity contribution in [2.45, 2.75) is 12.8 Å². The van der Waals surface area contributed by atoms with Gasteiger partial charge < -0.3 is 5.11 Å². The maximum absolute atomic E-state index is 12.1. The van der Waals surface area contributed by atoms with E-state index in [4.69, 9.17) is 0 Å². The number of aryl methyl sites for hydroxylation is 1. The number of nitrogens with zero attached hydrogens (tertiary/aromatic N) is 1. The molecule has 2 N–H and O–H groups in total. The Balaban J connectivity index is 2.54. The van der Waals surface area contributed by atoms with Crippen LogP contribution in [0.5, 0.6) is 0 Å². The summed E-state index contributed by atoms with van der Waals surface area (Å²) in [5, 5.41) is 9.49. The predicted molar refractivity (Wildman–Crippen MR) is 101 cm³/mol. The Labute approximate surface area is 154 Å². The second-order valence-electron chi connectivity index (χ2n) is 6.07. The van der Waals surface area contributed by atoms with Gasteiger partial charge in [-0.15, -0.1) is 0 Å². The normalized spacial score (nSPS) is 13.5. The van der Waals surface area contributed by atoms with Gasteiger partial charge in [0.15, 0.2) is 0 Å². The van der Waals surface area contributed by atoms with E-state index in [1.54, 1.807) is 0 Å². The summed E-state index contributed by atoms with van der Waals surface area (Å²) in [7, 11) is -1.27. The highest BCUT2D eigenvalue weighted by Gasteiger charge is 2.22. The van der Waals surface area contributed by atoms with Crippen LogP contribution in [0.3, 0.4) is 0 Å². The average Bonchev–Trinajstić information content (AvgIpc) is 2.60. The smallest absolute Gasteiger partial charge is 0.352 e. The van der Waals surface area contributed by atoms with Gasteiger partial charge in [-0.2, -0.15) is 12.7 Å². The number of hydrogen-bond donors (Lipinski definition) is 2. The first kappa shape index (κ1) is 19.7. The van der Waals surface area contributed by atoms with Gasteiger partial charge in [-0.1, -0.05) is 60.2 Å². The van der Waals surface area contributed by atoms with Gasteiger partial charge in [-0.25, -0.2) is 4.79 Å². The molecular formula is C19H22N2O4S. The average molecular weight is 374 g/mol. The topological polar surface area (TPSA) is 86.7 Å². The number of allylic oxidation sites excluding steroid dienone is 1. The largest absolute Gasteiger partial charge is 0.477 e. The monoisotopic (exact) mass is 374 g/mol. The van der Waals surface area contributed by atoms with Gasteiger partial charge in [0.2, 0.25) is 0 Å². The molecule has 0 aliphatic rings. The molecule has 2 aromatic rings. The van der Waals surface area contributed by atoms with Gasteiger partial charge in [0.25, 0.3) is 0 Å². The van der Waals surface area contributed by atoms with Crippen LogP contribution in [0.1, 0.15) is 22.6 Å². The highest BCUT2D eigenvalue weighted by Crippen LogP contribution is 2.27. The first-order valence-electron chi connectivity index (χ1n) is 7.97. The summed E-state index contributed by atoms with van der Waals surface area (Å²) in [6, 6.07) is 17.0. The summed E-state index contributed by atoms with van der Waals surface area (Å²) in [5.74, 6) is -1.75. The summed E-state index contributed by atoms with van der Waals surface area (Å²) < 4.78 is 27.2. The molecule has 0 saturated heterocycles. The first-order chi connectivity index (χ1) is 12.2. The maximum atomic E-state index is 12.1. The van der Waals surface area contributed by atoms with Crippen LogP contribution in [0.2, 0.25) is 0 Å². The summed E-state index contributed by atoms with van der Waals surface area (Å²) in [4.78, 5) is 11.6. The zero-order valence-corrected chi connectivity index (χ0v) is 15.7. The lowest BCUT2D eigenvalue weighted by atomic mass is 9.90. The molecular weight excluding hydrogens is 352 g/mol. The fourth-order valence-electron chi connectivity index (χ4n) is 2.36. The van der Waals surface area contributed by atoms with Crippen LogP contribution < -0.4 is 4.72 Å². The Bertz CT molecular complexity index is 889. The quantitative estimate of drug-likeness (QED) is 0.729. The lowest BCUT2D eigenvalue weighted by Gasteiger charge is -2.18. The minimum atomic E-state index is -3.92. The Hall–Kier alpha value is -2.64. The zero-order valence-electron chi connectivity index (χ0n) is 14.9. The van der Waals surface area contributed by atoms with Gasteiger partial charge in [-0.05, 0) is 24.1 Å². The van der Waals surface area contributed by atoms with E-state index in [1.807, 2.05) is 61.5 Å². The number of benzene rings is 2. The number of carboxylic acids is 1. The van der Waals surface area contributed by atoms with Crippen molar-refractivity contribution >= 4 is 16.2 Å². The van der Waals surface area contributed by atoms with E-state index in [1.165, 1.54) is 20.2 Å². The molecule has 0 radical (unpaired) electrons. The van der Waals surface area contributed by atoms with Crippen molar-refractivity contribution < 1.29 is 18.3 Å². The van der Waals surface area contributed by atoms with Crippen molar-refractivity contribution in [3.8, 4) is 0 Å². The summed E-state index contributed by atoms with van der Waals surface area (Å²) >= 11 is 0. The third kappa shape index (κ3) is 4.93. The van der Waals surface area contributed by atoms with E-state index in [9.17, 15) is 18.3 Å². The molecule has 6 nitrogen and oxygen atoms in total. The van der Waals surface area contributed by atoms with Crippen LogP contribution in [-0.2, 0) is 15.0 Å². The van der Waals surface area contributed by atoms with Crippen molar-refractivity contribution in [2.24, 2.45) is 0 Å². The van der Waals surface area contributed by atoms with E-state index in [0.717, 1.165) is 21.0 Å². The summed E-state index contributed by atoms with van der Waals surface area (Å²) in [6.45, 7) is 1.96. The van der Waals surface area contributed by atoms with Crippen LogP contribution in [0, 0.1) is 6.92 Å². The maximum Gasteiger partial charge on any atom is 0.352 e. The molecule has 0 aliphatic carbocycles. The number of carboxylic acid groups (broad SMARTS) is 1. The van der Waals surface area contributed by atoms with E-state index < -0.39 is 27.8 Å². The Morgan fingerprint density at radius 1 is 1.04 bits per heavy atom. The number of carbonyl (C=O) groups is 1. The standard InChI is InChI=1S/C19H22N2O4S/c1-14-9-11-16(12-10-14)17(15-7-5-4-6-8-15)13-18(19(22)23)20-26(24,25)21(2)3/h4-13,17,20H,1-3H3,(H,22,23)/b18-13-/t17-/m0/s1. The van der Waals surface area contributed by atoms with E-state index in [2.05, 4.69) is 4.72 Å². The molecule has 2 aromatic carbocycles. The fraction of sp³-hybridized carbons (Fsp3) is 0.211. The first-order valence-corrected chi connectivity index (χ1v) is 9.41. The van der Waals surface area contributed by atoms with Crippen molar-refractivity contribution in [2.75, 3.05) is 14.1 Å². The molecule has 0 heterocycles. The Morgan fingerprint density at radius 3 is 2.08 bits per heavy atom. The van der Waals surface area contributed by atoms with Crippen molar-refractivity contribution in [3.05, 3.63) is 83.1 Å². The fourth-order valence-corrected chi connectivity index (χ4v) is 2.98. The highest BCUT2D eigenvalue weighted by atomic mass is 32.2. The lowest BCUT2D eigenvalue weighted by Crippen LogP contribution is -2.37. The molecule has 0 unspecified atom stereocenters. The molecule has 2 rings (SSSR count). The molecule has 26 heavy (non-hydrogen) atoms. The van der Waals surface area contributed by atoms with Crippen molar-refractivity contribution in [1.29, 1.82) is 0 Å². The van der Waals surface area contributed by atoms with Crippen LogP contribution >= 0.6 is 0 Å². The second kappa shape index (κ2) is 8.16. The minimum Gasteiger partial charge on any atom is -0.477 e. The van der Waals surface area contributed by atoms with E-state index >= 15 is 0 Å². The minimum absolute atomic E-state index is 0.395. The molecule has 7 heteroatoms. The van der Waals surface area contributed by atoms with Crippen molar-refractivity contribution in [1.82, 2.24) is 9.03 Å². The molecule has 0 aliphatic heterocycles. The lowest BCUT2D eigenvalue weighted by molar-refractivity contribution is -0.132. The van der Waals surface area contributed by atoms with Gasteiger partial charge in [0.05, 0.1) is 0 Å². The number of rotatable bonds is 7. The predicted octanol–water partition coefficient (Wildman–Crippen LogP) is 2.49. The third-order valence-electron chi connectivity index (χ3n) is 3.88. The molecule has 0 saturated carbocycles. The Morgan fingerprint density at radius 2 is 1.58 bits per heavy atom. The molecule has 1 atom stereocenters. The number of nitrogens with one attached hydrogen (secondary N) is 1. The van der Waals surface area contributed by atoms with Gasteiger partial charge in [0, 0.05) is 20.0 Å². The second-order valence-corrected chi connectivity index (χ2v) is 7.96. The summed E-state index contributed by atoms with van der Waals surface area (Å²) in [5.41, 5.74) is 2.41. The van der Waals surface area contributed by atoms with Gasteiger partial charge in [-0.3, -0.25) is 4.72 Å². The van der Waals surface area contributed by atoms with Crippen LogP contribution in [0.25, 0.3) is 0 Å². The molecule has 138 valence electrons. The zero-order chi connectivity index (χ0) is 19.3. The van der Waals surface area contributed by atoms with E-state index in [-0.39, 0.29) is 0 Å². The highest BCUT2D eigenvalue weighted by molar-refractivity contribution is 7.87. The SMILES string of the molecule is Cc1ccc([C@@H](/C=C(\NS(=O)(=O)N(C)C)C(=O)O)c2ccccc2)cc1. The van der Waals surface area contributed by atoms with E-state index in [0.29, 0.717) is 0 Å². The number of aliphatic carboxylic acids is 1. The van der Waals surface area contributed by atoms with Crippen LogP contribution in [-0.4, -0.2) is 37.9 Å². The number of hydrogen-bond acceptors (Lipinski definition) is 3. The molecule has 0 amide bonds. The van der Waals surface area contributed by atoms with Crippen molar-refractivity contribution in [3.63, 3.8) is 0 Å². The molecule has 0 aromatic heterocycles. The van der Waals surface area contributed by atoms with Gasteiger partial charge in [0.1, 0.15) is 5.70 Å². The summed E-state index contributed by atoms with van der Waals surface area (Å²) in [6.07, 6.45) is 1.42. The van der Waals surface area contributed by atoms with Crippen LogP contribution in [0.15, 0.2) is 66.4 Å². The van der Waals surface area contributed by atoms with Gasteiger partial charge >= 0.3 is 16.2 Å². The van der Waals surface area contributed by atoms with Crippen LogP contribution in [0.4, 0.5) is 0 Å². The molecule has 0 spiro atoms. The molecule has 0 fully saturated rings. The molecule has 0 bridgehead atoms.